The molecule has 3 atom stereocenters. The van der Waals surface area contributed by atoms with Crippen LogP contribution in [0, 0.1) is 6.92 Å². The predicted molar refractivity (Wildman–Crippen MR) is 67.5 cm³/mol. The number of thioether (sulfide) groups is 1. The maximum atomic E-state index is 5.92. The van der Waals surface area contributed by atoms with Gasteiger partial charge in [0.2, 0.25) is 0 Å². The second-order valence-corrected chi connectivity index (χ2v) is 5.29. The molecule has 2 unspecified atom stereocenters. The highest BCUT2D eigenvalue weighted by atomic mass is 32.2. The first kappa shape index (κ1) is 11.4. The third-order valence-corrected chi connectivity index (χ3v) is 4.16. The zero-order valence-corrected chi connectivity index (χ0v) is 10.1. The van der Waals surface area contributed by atoms with Crippen LogP contribution >= 0.6 is 24.4 Å². The number of hydrogen-bond acceptors (Lipinski definition) is 3. The summed E-state index contributed by atoms with van der Waals surface area (Å²) in [5.41, 5.74) is 0. The second kappa shape index (κ2) is 5.28. The topological polar surface area (TPSA) is 9.23 Å². The van der Waals surface area contributed by atoms with Gasteiger partial charge in [0.15, 0.2) is 0 Å². The molecule has 0 spiro atoms. The normalized spacial score (nSPS) is 30.7. The van der Waals surface area contributed by atoms with E-state index in [1.165, 1.54) is 4.90 Å². The lowest BCUT2D eigenvalue weighted by molar-refractivity contribution is 0.0858. The van der Waals surface area contributed by atoms with Crippen molar-refractivity contribution in [1.82, 2.24) is 0 Å². The van der Waals surface area contributed by atoms with E-state index in [9.17, 15) is 0 Å². The molecule has 0 saturated carbocycles. The van der Waals surface area contributed by atoms with E-state index in [4.69, 9.17) is 11.7 Å². The van der Waals surface area contributed by atoms with E-state index in [2.05, 4.69) is 24.8 Å². The van der Waals surface area contributed by atoms with Gasteiger partial charge in [-0.25, -0.2) is 0 Å². The van der Waals surface area contributed by atoms with Crippen molar-refractivity contribution in [3.8, 4) is 0 Å². The van der Waals surface area contributed by atoms with Gasteiger partial charge < -0.3 is 4.74 Å². The quantitative estimate of drug-likeness (QED) is 0.811. The van der Waals surface area contributed by atoms with Crippen LogP contribution in [0.15, 0.2) is 35.2 Å². The van der Waals surface area contributed by atoms with Gasteiger partial charge in [0.25, 0.3) is 0 Å². The summed E-state index contributed by atoms with van der Waals surface area (Å²) < 4.78 is 5.58. The number of rotatable bonds is 3. The van der Waals surface area contributed by atoms with Gasteiger partial charge >= 0.3 is 0 Å². The summed E-state index contributed by atoms with van der Waals surface area (Å²) in [7, 11) is 0. The van der Waals surface area contributed by atoms with Gasteiger partial charge in [-0.3, -0.25) is 0 Å². The predicted octanol–water partition coefficient (Wildman–Crippen LogP) is 2.95. The zero-order valence-electron chi connectivity index (χ0n) is 8.37. The number of ether oxygens (including phenoxy) is 1. The average molecular weight is 238 g/mol. The lowest BCUT2D eigenvalue weighted by Gasteiger charge is -2.12. The lowest BCUT2D eigenvalue weighted by atomic mass is 10.2. The van der Waals surface area contributed by atoms with Gasteiger partial charge in [0.05, 0.1) is 12.2 Å². The Kier molecular flexibility index (Phi) is 4.00. The highest BCUT2D eigenvalue weighted by Crippen LogP contribution is 2.35. The molecule has 0 amide bonds. The van der Waals surface area contributed by atoms with Gasteiger partial charge in [-0.15, -0.1) is 11.8 Å². The minimum absolute atomic E-state index is 0.160. The standard InChI is InChI=1S/C12H14OS2/c1-9-12(7-10(8-14)13-9)15-11-5-3-2-4-6-11/h1-6,9-10,12,14H,7-8H2/t9?,10-,12?/m0/s1. The smallest absolute Gasteiger partial charge is 0.0737 e. The molecule has 1 aliphatic heterocycles. The van der Waals surface area contributed by atoms with E-state index in [0.29, 0.717) is 5.25 Å². The molecule has 0 aromatic heterocycles. The maximum absolute atomic E-state index is 5.92. The van der Waals surface area contributed by atoms with E-state index < -0.39 is 0 Å². The van der Waals surface area contributed by atoms with Gasteiger partial charge in [-0.2, -0.15) is 12.6 Å². The van der Waals surface area contributed by atoms with Crippen LogP contribution in [0.4, 0.5) is 0 Å². The summed E-state index contributed by atoms with van der Waals surface area (Å²) >= 11 is 6.03. The Hall–Kier alpha value is -0.120. The molecule has 1 nitrogen and oxygen atoms in total. The van der Waals surface area contributed by atoms with Gasteiger partial charge in [0.1, 0.15) is 0 Å². The van der Waals surface area contributed by atoms with Crippen LogP contribution in [-0.2, 0) is 4.74 Å². The van der Waals surface area contributed by atoms with Crippen molar-refractivity contribution in [2.45, 2.75) is 28.8 Å². The maximum Gasteiger partial charge on any atom is 0.0737 e. The largest absolute Gasteiger partial charge is 0.373 e. The summed E-state index contributed by atoms with van der Waals surface area (Å²) in [6.45, 7) is 5.92. The minimum Gasteiger partial charge on any atom is -0.373 e. The van der Waals surface area contributed by atoms with E-state index in [0.717, 1.165) is 12.2 Å². The van der Waals surface area contributed by atoms with Crippen LogP contribution in [0.25, 0.3) is 0 Å². The number of thiol groups is 1. The van der Waals surface area contributed by atoms with Gasteiger partial charge in [-0.1, -0.05) is 18.2 Å². The molecule has 0 aliphatic carbocycles. The molecule has 1 fully saturated rings. The molecule has 1 aromatic rings. The molecule has 1 aliphatic rings. The first-order valence-corrected chi connectivity index (χ1v) is 6.54. The number of benzene rings is 1. The Morgan fingerprint density at radius 2 is 2.13 bits per heavy atom. The SMILES string of the molecule is [CH]C1O[C@H](CS)CC1Sc1ccccc1. The molecule has 15 heavy (non-hydrogen) atoms. The Bertz CT molecular complexity index is 302. The van der Waals surface area contributed by atoms with Crippen molar-refractivity contribution < 1.29 is 4.74 Å². The van der Waals surface area contributed by atoms with Crippen LogP contribution in [0.3, 0.4) is 0 Å². The van der Waals surface area contributed by atoms with E-state index in [-0.39, 0.29) is 12.2 Å². The molecule has 2 rings (SSSR count). The van der Waals surface area contributed by atoms with Crippen LogP contribution < -0.4 is 0 Å². The first-order chi connectivity index (χ1) is 7.29. The molecule has 3 heteroatoms. The molecular weight excluding hydrogens is 224 g/mol. The fraction of sp³-hybridized carbons (Fsp3) is 0.417. The molecule has 0 N–H and O–H groups in total. The molecule has 1 heterocycles. The minimum atomic E-state index is -0.160. The third-order valence-electron chi connectivity index (χ3n) is 2.45. The summed E-state index contributed by atoms with van der Waals surface area (Å²) in [6, 6.07) is 10.3. The number of hydrogen-bond donors (Lipinski definition) is 1. The van der Waals surface area contributed by atoms with E-state index in [1.54, 1.807) is 11.8 Å². The fourth-order valence-corrected chi connectivity index (χ4v) is 3.07. The monoisotopic (exact) mass is 238 g/mol. The van der Waals surface area contributed by atoms with Crippen molar-refractivity contribution in [2.75, 3.05) is 5.75 Å². The summed E-state index contributed by atoms with van der Waals surface area (Å²) in [4.78, 5) is 1.25. The van der Waals surface area contributed by atoms with Crippen molar-refractivity contribution in [1.29, 1.82) is 0 Å². The highest BCUT2D eigenvalue weighted by molar-refractivity contribution is 8.00. The van der Waals surface area contributed by atoms with Crippen molar-refractivity contribution in [2.24, 2.45) is 0 Å². The van der Waals surface area contributed by atoms with Crippen molar-refractivity contribution in [3.63, 3.8) is 0 Å². The Balaban J connectivity index is 1.96. The van der Waals surface area contributed by atoms with Crippen LogP contribution in [0.1, 0.15) is 6.42 Å². The van der Waals surface area contributed by atoms with Crippen LogP contribution in [0.5, 0.6) is 0 Å². The van der Waals surface area contributed by atoms with Gasteiger partial charge in [0, 0.05) is 15.9 Å². The second-order valence-electron chi connectivity index (χ2n) is 3.61. The lowest BCUT2D eigenvalue weighted by Crippen LogP contribution is -2.13. The molecule has 0 bridgehead atoms. The molecule has 2 radical (unpaired) electrons. The first-order valence-electron chi connectivity index (χ1n) is 5.03. The Labute approximate surface area is 101 Å². The summed E-state index contributed by atoms with van der Waals surface area (Å²) in [5, 5.41) is 0.351. The summed E-state index contributed by atoms with van der Waals surface area (Å²) in [5.74, 6) is 0.750. The average Bonchev–Trinajstić information content (AvgIpc) is 2.61. The van der Waals surface area contributed by atoms with Gasteiger partial charge in [-0.05, 0) is 25.5 Å². The highest BCUT2D eigenvalue weighted by Gasteiger charge is 2.32. The van der Waals surface area contributed by atoms with E-state index in [1.807, 2.05) is 18.2 Å². The van der Waals surface area contributed by atoms with Crippen molar-refractivity contribution in [3.05, 3.63) is 37.3 Å². The Morgan fingerprint density at radius 3 is 2.73 bits per heavy atom. The zero-order chi connectivity index (χ0) is 10.7. The summed E-state index contributed by atoms with van der Waals surface area (Å²) in [6.07, 6.45) is 1.04. The molecule has 80 valence electrons. The van der Waals surface area contributed by atoms with E-state index >= 15 is 0 Å². The van der Waals surface area contributed by atoms with Crippen molar-refractivity contribution >= 4 is 24.4 Å². The Morgan fingerprint density at radius 1 is 1.40 bits per heavy atom. The van der Waals surface area contributed by atoms with Crippen LogP contribution in [0.2, 0.25) is 0 Å². The molecule has 1 saturated heterocycles. The third kappa shape index (κ3) is 2.92. The molecular formula is C12H14OS2. The molecule has 1 aromatic carbocycles. The van der Waals surface area contributed by atoms with Crippen LogP contribution in [-0.4, -0.2) is 23.2 Å². The fourth-order valence-electron chi connectivity index (χ4n) is 1.67.